The summed E-state index contributed by atoms with van der Waals surface area (Å²) in [6.45, 7) is 5.12. The van der Waals surface area contributed by atoms with E-state index in [1.54, 1.807) is 0 Å². The highest BCUT2D eigenvalue weighted by Gasteiger charge is 2.24. The lowest BCUT2D eigenvalue weighted by Crippen LogP contribution is -2.45. The van der Waals surface area contributed by atoms with Crippen LogP contribution in [0.15, 0.2) is 16.5 Å². The first-order valence-electron chi connectivity index (χ1n) is 5.38. The number of nitrogens with zero attached hydrogens (tertiary/aromatic N) is 1. The molecule has 0 radical (unpaired) electrons. The van der Waals surface area contributed by atoms with Crippen molar-refractivity contribution in [1.82, 2.24) is 10.2 Å². The van der Waals surface area contributed by atoms with E-state index >= 15 is 0 Å². The van der Waals surface area contributed by atoms with Gasteiger partial charge < -0.3 is 9.73 Å². The second kappa shape index (κ2) is 4.77. The Bertz CT molecular complexity index is 307. The summed E-state index contributed by atoms with van der Waals surface area (Å²) < 4.78 is 18.5. The Kier molecular flexibility index (Phi) is 3.38. The molecule has 0 bridgehead atoms. The number of rotatable bonds is 3. The van der Waals surface area contributed by atoms with Crippen molar-refractivity contribution < 1.29 is 8.81 Å². The van der Waals surface area contributed by atoms with Crippen LogP contribution in [0.25, 0.3) is 0 Å². The third-order valence-electron chi connectivity index (χ3n) is 2.83. The van der Waals surface area contributed by atoms with Crippen molar-refractivity contribution >= 4 is 0 Å². The van der Waals surface area contributed by atoms with E-state index in [0.29, 0.717) is 0 Å². The molecule has 0 amide bonds. The van der Waals surface area contributed by atoms with Crippen molar-refractivity contribution in [3.63, 3.8) is 0 Å². The molecule has 0 aliphatic carbocycles. The quantitative estimate of drug-likeness (QED) is 0.823. The maximum atomic E-state index is 13.0. The van der Waals surface area contributed by atoms with E-state index in [4.69, 9.17) is 4.42 Å². The molecule has 84 valence electrons. The van der Waals surface area contributed by atoms with Gasteiger partial charge in [0.05, 0.1) is 6.04 Å². The van der Waals surface area contributed by atoms with Gasteiger partial charge in [0.25, 0.3) is 0 Å². The summed E-state index contributed by atoms with van der Waals surface area (Å²) in [6, 6.07) is 3.56. The van der Waals surface area contributed by atoms with E-state index < -0.39 is 0 Å². The van der Waals surface area contributed by atoms with Gasteiger partial charge in [-0.2, -0.15) is 0 Å². The molecule has 3 nitrogen and oxygen atoms in total. The highest BCUT2D eigenvalue weighted by atomic mass is 19.1. The molecule has 1 aromatic heterocycles. The van der Waals surface area contributed by atoms with Gasteiger partial charge in [-0.3, -0.25) is 4.90 Å². The third-order valence-corrected chi connectivity index (χ3v) is 2.83. The minimum atomic E-state index is -0.382. The molecule has 1 aromatic rings. The van der Waals surface area contributed by atoms with E-state index in [1.807, 2.05) is 19.1 Å². The zero-order chi connectivity index (χ0) is 10.7. The monoisotopic (exact) mass is 212 g/mol. The first-order valence-corrected chi connectivity index (χ1v) is 5.38. The number of hydrogen-bond acceptors (Lipinski definition) is 3. The van der Waals surface area contributed by atoms with E-state index in [0.717, 1.165) is 37.7 Å². The Morgan fingerprint density at radius 2 is 2.20 bits per heavy atom. The molecular formula is C11H17FN2O. The van der Waals surface area contributed by atoms with Crippen molar-refractivity contribution in [2.75, 3.05) is 32.9 Å². The lowest BCUT2D eigenvalue weighted by atomic mass is 10.2. The Morgan fingerprint density at radius 3 is 2.73 bits per heavy atom. The summed E-state index contributed by atoms with van der Waals surface area (Å²) in [5.74, 6) is 1.59. The first kappa shape index (κ1) is 10.6. The van der Waals surface area contributed by atoms with E-state index in [9.17, 15) is 4.39 Å². The summed E-state index contributed by atoms with van der Waals surface area (Å²) in [7, 11) is 0. The molecule has 1 saturated heterocycles. The molecular weight excluding hydrogens is 195 g/mol. The van der Waals surface area contributed by atoms with Crippen molar-refractivity contribution in [3.8, 4) is 0 Å². The molecule has 1 atom stereocenters. The molecule has 2 heterocycles. The molecule has 4 heteroatoms. The molecule has 0 spiro atoms. The molecule has 1 aliphatic heterocycles. The standard InChI is InChI=1S/C11H17FN2O/c1-9-2-3-11(15-9)10(8-12)14-6-4-13-5-7-14/h2-3,10,13H,4-8H2,1H3/t10-/m1/s1. The number of piperazine rings is 1. The fourth-order valence-electron chi connectivity index (χ4n) is 1.98. The Balaban J connectivity index is 2.08. The van der Waals surface area contributed by atoms with Crippen molar-refractivity contribution in [1.29, 1.82) is 0 Å². The molecule has 1 fully saturated rings. The second-order valence-electron chi connectivity index (χ2n) is 3.90. The first-order chi connectivity index (χ1) is 7.31. The molecule has 0 unspecified atom stereocenters. The number of aryl methyl sites for hydroxylation is 1. The zero-order valence-electron chi connectivity index (χ0n) is 9.00. The number of halogens is 1. The van der Waals surface area contributed by atoms with Crippen molar-refractivity contribution in [2.45, 2.75) is 13.0 Å². The maximum Gasteiger partial charge on any atom is 0.123 e. The van der Waals surface area contributed by atoms with Crippen LogP contribution in [0, 0.1) is 6.92 Å². The van der Waals surface area contributed by atoms with Gasteiger partial charge in [-0.25, -0.2) is 4.39 Å². The van der Waals surface area contributed by atoms with Gasteiger partial charge in [-0.1, -0.05) is 0 Å². The Morgan fingerprint density at radius 1 is 1.47 bits per heavy atom. The normalized spacial score (nSPS) is 20.4. The summed E-state index contributed by atoms with van der Waals surface area (Å²) in [4.78, 5) is 2.13. The predicted octanol–water partition coefficient (Wildman–Crippen LogP) is 1.50. The smallest absolute Gasteiger partial charge is 0.123 e. The Hall–Kier alpha value is -0.870. The molecule has 15 heavy (non-hydrogen) atoms. The fraction of sp³-hybridized carbons (Fsp3) is 0.636. The van der Waals surface area contributed by atoms with Crippen LogP contribution in [-0.4, -0.2) is 37.8 Å². The summed E-state index contributed by atoms with van der Waals surface area (Å²) >= 11 is 0. The van der Waals surface area contributed by atoms with Crippen LogP contribution in [0.4, 0.5) is 4.39 Å². The van der Waals surface area contributed by atoms with Crippen LogP contribution in [0.3, 0.4) is 0 Å². The minimum absolute atomic E-state index is 0.208. The lowest BCUT2D eigenvalue weighted by Gasteiger charge is -2.32. The van der Waals surface area contributed by atoms with Gasteiger partial charge in [-0.15, -0.1) is 0 Å². The van der Waals surface area contributed by atoms with E-state index in [1.165, 1.54) is 0 Å². The molecule has 0 aromatic carbocycles. The van der Waals surface area contributed by atoms with Gasteiger partial charge in [-0.05, 0) is 19.1 Å². The molecule has 1 N–H and O–H groups in total. The average Bonchev–Trinajstić information content (AvgIpc) is 2.68. The van der Waals surface area contributed by atoms with Crippen LogP contribution < -0.4 is 5.32 Å². The summed E-state index contributed by atoms with van der Waals surface area (Å²) in [5.41, 5.74) is 0. The number of alkyl halides is 1. The SMILES string of the molecule is Cc1ccc([C@@H](CF)N2CCNCC2)o1. The predicted molar refractivity (Wildman–Crippen MR) is 56.6 cm³/mol. The maximum absolute atomic E-state index is 13.0. The van der Waals surface area contributed by atoms with Crippen LogP contribution in [0.2, 0.25) is 0 Å². The van der Waals surface area contributed by atoms with Gasteiger partial charge in [0.15, 0.2) is 0 Å². The molecule has 2 rings (SSSR count). The number of nitrogens with one attached hydrogen (secondary N) is 1. The third kappa shape index (κ3) is 2.38. The fourth-order valence-corrected chi connectivity index (χ4v) is 1.98. The van der Waals surface area contributed by atoms with Crippen LogP contribution >= 0.6 is 0 Å². The molecule has 1 aliphatic rings. The van der Waals surface area contributed by atoms with Crippen molar-refractivity contribution in [2.24, 2.45) is 0 Å². The van der Waals surface area contributed by atoms with Gasteiger partial charge in [0, 0.05) is 26.2 Å². The van der Waals surface area contributed by atoms with Crippen molar-refractivity contribution in [3.05, 3.63) is 23.7 Å². The number of furan rings is 1. The average molecular weight is 212 g/mol. The summed E-state index contributed by atoms with van der Waals surface area (Å²) in [5, 5.41) is 3.26. The Labute approximate surface area is 89.2 Å². The minimum Gasteiger partial charge on any atom is -0.465 e. The lowest BCUT2D eigenvalue weighted by molar-refractivity contribution is 0.129. The van der Waals surface area contributed by atoms with Gasteiger partial charge in [0.2, 0.25) is 0 Å². The van der Waals surface area contributed by atoms with E-state index in [-0.39, 0.29) is 12.7 Å². The van der Waals surface area contributed by atoms with Gasteiger partial charge in [0.1, 0.15) is 18.2 Å². The largest absolute Gasteiger partial charge is 0.465 e. The summed E-state index contributed by atoms with van der Waals surface area (Å²) in [6.07, 6.45) is 0. The molecule has 0 saturated carbocycles. The van der Waals surface area contributed by atoms with Gasteiger partial charge >= 0.3 is 0 Å². The number of hydrogen-bond donors (Lipinski definition) is 1. The highest BCUT2D eigenvalue weighted by molar-refractivity contribution is 5.10. The highest BCUT2D eigenvalue weighted by Crippen LogP contribution is 2.23. The van der Waals surface area contributed by atoms with Crippen LogP contribution in [-0.2, 0) is 0 Å². The topological polar surface area (TPSA) is 28.4 Å². The second-order valence-corrected chi connectivity index (χ2v) is 3.90. The zero-order valence-corrected chi connectivity index (χ0v) is 9.00. The van der Waals surface area contributed by atoms with Crippen LogP contribution in [0.1, 0.15) is 17.6 Å². The van der Waals surface area contributed by atoms with E-state index in [2.05, 4.69) is 10.2 Å². The van der Waals surface area contributed by atoms with Crippen LogP contribution in [0.5, 0.6) is 0 Å².